The Morgan fingerprint density at radius 2 is 1.31 bits per heavy atom. The molecule has 6 aromatic rings. The van der Waals surface area contributed by atoms with Crippen LogP contribution in [0.25, 0.3) is 55.5 Å². The number of aromatic nitrogens is 1. The van der Waals surface area contributed by atoms with Crippen molar-refractivity contribution in [3.63, 3.8) is 0 Å². The second kappa shape index (κ2) is 7.14. The Hall–Kier alpha value is -4.30. The molecule has 1 heterocycles. The Bertz CT molecular complexity index is 1640. The van der Waals surface area contributed by atoms with E-state index in [4.69, 9.17) is 5.73 Å². The molecule has 0 spiro atoms. The van der Waals surface area contributed by atoms with E-state index in [1.165, 1.54) is 38.3 Å². The molecule has 0 aliphatic carbocycles. The van der Waals surface area contributed by atoms with Gasteiger partial charge in [0.05, 0.1) is 11.0 Å². The highest BCUT2D eigenvalue weighted by atomic mass is 15.0. The van der Waals surface area contributed by atoms with Crippen LogP contribution in [0.2, 0.25) is 0 Å². The number of nitrogens with zero attached hydrogens (tertiary/aromatic N) is 1. The summed E-state index contributed by atoms with van der Waals surface area (Å²) in [6.07, 6.45) is 1.87. The Labute approximate surface area is 186 Å². The monoisotopic (exact) mass is 410 g/mol. The molecule has 0 saturated heterocycles. The molecule has 2 nitrogen and oxygen atoms in total. The summed E-state index contributed by atoms with van der Waals surface area (Å²) in [6, 6.07) is 36.5. The molecule has 6 rings (SSSR count). The van der Waals surface area contributed by atoms with E-state index in [9.17, 15) is 0 Å². The van der Waals surface area contributed by atoms with Crippen LogP contribution in [0.5, 0.6) is 0 Å². The largest absolute Gasteiger partial charge is 0.399 e. The summed E-state index contributed by atoms with van der Waals surface area (Å²) in [7, 11) is 0. The average Bonchev–Trinajstić information content (AvgIpc) is 3.17. The molecule has 152 valence electrons. The van der Waals surface area contributed by atoms with Crippen LogP contribution >= 0.6 is 0 Å². The summed E-state index contributed by atoms with van der Waals surface area (Å²) in [4.78, 5) is 0. The van der Waals surface area contributed by atoms with Crippen molar-refractivity contribution in [2.45, 2.75) is 0 Å². The van der Waals surface area contributed by atoms with Gasteiger partial charge >= 0.3 is 0 Å². The van der Waals surface area contributed by atoms with Crippen molar-refractivity contribution in [3.05, 3.63) is 115 Å². The van der Waals surface area contributed by atoms with Crippen LogP contribution in [-0.2, 0) is 0 Å². The fourth-order valence-electron chi connectivity index (χ4n) is 4.63. The molecule has 5 aromatic carbocycles. The van der Waals surface area contributed by atoms with Gasteiger partial charge in [0.25, 0.3) is 0 Å². The van der Waals surface area contributed by atoms with Crippen LogP contribution in [0, 0.1) is 0 Å². The van der Waals surface area contributed by atoms with Gasteiger partial charge in [0, 0.05) is 22.1 Å². The van der Waals surface area contributed by atoms with Crippen LogP contribution in [0.1, 0.15) is 5.56 Å². The van der Waals surface area contributed by atoms with Gasteiger partial charge in [-0.3, -0.25) is 0 Å². The summed E-state index contributed by atoms with van der Waals surface area (Å²) in [5, 5.41) is 4.87. The lowest BCUT2D eigenvalue weighted by Gasteiger charge is -2.09. The summed E-state index contributed by atoms with van der Waals surface area (Å²) in [5.41, 5.74) is 13.8. The molecule has 0 unspecified atom stereocenters. The Morgan fingerprint density at radius 1 is 0.625 bits per heavy atom. The second-order valence-electron chi connectivity index (χ2n) is 8.20. The van der Waals surface area contributed by atoms with E-state index < -0.39 is 0 Å². The molecule has 0 fully saturated rings. The Kier molecular flexibility index (Phi) is 4.12. The van der Waals surface area contributed by atoms with Gasteiger partial charge in [-0.15, -0.1) is 0 Å². The van der Waals surface area contributed by atoms with Gasteiger partial charge in [-0.25, -0.2) is 0 Å². The Morgan fingerprint density at radius 3 is 2.16 bits per heavy atom. The number of nitrogen functional groups attached to an aromatic ring is 1. The zero-order chi connectivity index (χ0) is 21.7. The third kappa shape index (κ3) is 2.89. The molecule has 32 heavy (non-hydrogen) atoms. The maximum Gasteiger partial charge on any atom is 0.0541 e. The van der Waals surface area contributed by atoms with Crippen LogP contribution in [0.3, 0.4) is 0 Å². The van der Waals surface area contributed by atoms with Crippen LogP contribution in [0.4, 0.5) is 5.69 Å². The van der Waals surface area contributed by atoms with Crippen molar-refractivity contribution in [2.24, 2.45) is 0 Å². The summed E-state index contributed by atoms with van der Waals surface area (Å²) >= 11 is 0. The number of rotatable bonds is 3. The molecular formula is C30H22N2. The van der Waals surface area contributed by atoms with Gasteiger partial charge in [0.15, 0.2) is 0 Å². The first kappa shape index (κ1) is 18.5. The highest BCUT2D eigenvalue weighted by molar-refractivity contribution is 6.10. The van der Waals surface area contributed by atoms with E-state index in [-0.39, 0.29) is 0 Å². The van der Waals surface area contributed by atoms with Crippen LogP contribution < -0.4 is 5.73 Å². The van der Waals surface area contributed by atoms with Crippen molar-refractivity contribution < 1.29 is 0 Å². The van der Waals surface area contributed by atoms with E-state index in [1.54, 1.807) is 0 Å². The van der Waals surface area contributed by atoms with Crippen molar-refractivity contribution in [2.75, 3.05) is 5.73 Å². The van der Waals surface area contributed by atoms with Crippen molar-refractivity contribution in [1.82, 2.24) is 4.57 Å². The predicted molar refractivity (Wildman–Crippen MR) is 138 cm³/mol. The lowest BCUT2D eigenvalue weighted by Crippen LogP contribution is -1.93. The van der Waals surface area contributed by atoms with Gasteiger partial charge in [-0.05, 0) is 76.0 Å². The van der Waals surface area contributed by atoms with Gasteiger partial charge in [0.2, 0.25) is 0 Å². The maximum absolute atomic E-state index is 5.95. The average molecular weight is 411 g/mol. The van der Waals surface area contributed by atoms with E-state index in [0.29, 0.717) is 0 Å². The van der Waals surface area contributed by atoms with Gasteiger partial charge < -0.3 is 10.3 Å². The van der Waals surface area contributed by atoms with Crippen molar-refractivity contribution in [1.29, 1.82) is 0 Å². The summed E-state index contributed by atoms with van der Waals surface area (Å²) < 4.78 is 2.34. The molecule has 0 aliphatic rings. The molecular weight excluding hydrogens is 388 g/mol. The SMILES string of the molecule is C=Cc1ccc(-n2c3ccccc3c3cc(-c4ccc5cc(N)ccc5c4)ccc32)cc1. The standard InChI is InChI=1S/C30H22N2/c1-2-20-7-14-26(15-8-20)32-29-6-4-3-5-27(29)28-19-24(12-16-30(28)32)21-9-10-23-18-25(31)13-11-22(23)17-21/h2-19H,1,31H2. The van der Waals surface area contributed by atoms with Crippen molar-refractivity contribution in [3.8, 4) is 16.8 Å². The van der Waals surface area contributed by atoms with Gasteiger partial charge in [0.1, 0.15) is 0 Å². The zero-order valence-corrected chi connectivity index (χ0v) is 17.6. The Balaban J connectivity index is 1.57. The quantitative estimate of drug-likeness (QED) is 0.296. The molecule has 0 atom stereocenters. The molecule has 2 heteroatoms. The van der Waals surface area contributed by atoms with E-state index >= 15 is 0 Å². The smallest absolute Gasteiger partial charge is 0.0541 e. The minimum atomic E-state index is 0.792. The number of para-hydroxylation sites is 1. The van der Waals surface area contributed by atoms with E-state index in [2.05, 4.69) is 102 Å². The predicted octanol–water partition coefficient (Wildman–Crippen LogP) is 7.83. The molecule has 0 aliphatic heterocycles. The third-order valence-corrected chi connectivity index (χ3v) is 6.26. The highest BCUT2D eigenvalue weighted by Crippen LogP contribution is 2.35. The molecule has 0 bridgehead atoms. The molecule has 0 saturated carbocycles. The lowest BCUT2D eigenvalue weighted by atomic mass is 9.99. The molecule has 1 aromatic heterocycles. The topological polar surface area (TPSA) is 30.9 Å². The summed E-state index contributed by atoms with van der Waals surface area (Å²) in [6.45, 7) is 3.87. The van der Waals surface area contributed by atoms with Gasteiger partial charge in [-0.1, -0.05) is 67.3 Å². The van der Waals surface area contributed by atoms with Crippen molar-refractivity contribution >= 4 is 44.3 Å². The first-order valence-electron chi connectivity index (χ1n) is 10.8. The maximum atomic E-state index is 5.95. The van der Waals surface area contributed by atoms with E-state index in [1.807, 2.05) is 18.2 Å². The molecule has 0 radical (unpaired) electrons. The first-order valence-corrected chi connectivity index (χ1v) is 10.8. The fourth-order valence-corrected chi connectivity index (χ4v) is 4.63. The number of fused-ring (bicyclic) bond motifs is 4. The third-order valence-electron chi connectivity index (χ3n) is 6.26. The first-order chi connectivity index (χ1) is 15.7. The van der Waals surface area contributed by atoms with E-state index in [0.717, 1.165) is 22.3 Å². The minimum absolute atomic E-state index is 0.792. The number of hydrogen-bond donors (Lipinski definition) is 1. The minimum Gasteiger partial charge on any atom is -0.399 e. The highest BCUT2D eigenvalue weighted by Gasteiger charge is 2.13. The molecule has 0 amide bonds. The van der Waals surface area contributed by atoms with Crippen LogP contribution in [0.15, 0.2) is 110 Å². The summed E-state index contributed by atoms with van der Waals surface area (Å²) in [5.74, 6) is 0. The molecule has 2 N–H and O–H groups in total. The van der Waals surface area contributed by atoms with Gasteiger partial charge in [-0.2, -0.15) is 0 Å². The number of anilines is 1. The van der Waals surface area contributed by atoms with Crippen LogP contribution in [-0.4, -0.2) is 4.57 Å². The second-order valence-corrected chi connectivity index (χ2v) is 8.20. The zero-order valence-electron chi connectivity index (χ0n) is 17.6. The normalized spacial score (nSPS) is 11.4. The number of hydrogen-bond acceptors (Lipinski definition) is 1. The number of benzene rings is 5. The number of nitrogens with two attached hydrogens (primary N) is 1. The lowest BCUT2D eigenvalue weighted by molar-refractivity contribution is 1.18. The fraction of sp³-hybridized carbons (Fsp3) is 0.